The number of halogens is 1. The molecule has 0 aliphatic carbocycles. The van der Waals surface area contributed by atoms with Crippen LogP contribution in [0.1, 0.15) is 36.2 Å². The first-order chi connectivity index (χ1) is 13.0. The van der Waals surface area contributed by atoms with Gasteiger partial charge in [0.15, 0.2) is 0 Å². The quantitative estimate of drug-likeness (QED) is 0.865. The van der Waals surface area contributed by atoms with Gasteiger partial charge in [0, 0.05) is 25.3 Å². The maximum absolute atomic E-state index is 13.7. The molecule has 140 valence electrons. The number of aromatic nitrogens is 2. The molecule has 0 saturated heterocycles. The summed E-state index contributed by atoms with van der Waals surface area (Å²) in [4.78, 5) is 22.9. The van der Waals surface area contributed by atoms with Gasteiger partial charge in [-0.05, 0) is 43.5 Å². The van der Waals surface area contributed by atoms with Crippen LogP contribution in [-0.4, -0.2) is 33.5 Å². The monoisotopic (exact) mass is 368 g/mol. The van der Waals surface area contributed by atoms with E-state index in [9.17, 15) is 9.18 Å². The summed E-state index contributed by atoms with van der Waals surface area (Å²) in [6.07, 6.45) is 2.50. The fourth-order valence-electron chi connectivity index (χ4n) is 2.85. The van der Waals surface area contributed by atoms with Crippen molar-refractivity contribution in [1.82, 2.24) is 20.2 Å². The average molecular weight is 368 g/mol. The zero-order valence-electron chi connectivity index (χ0n) is 15.3. The fourth-order valence-corrected chi connectivity index (χ4v) is 2.85. The predicted octanol–water partition coefficient (Wildman–Crippen LogP) is 2.58. The lowest BCUT2D eigenvalue weighted by Gasteiger charge is -2.28. The number of nitrogens with one attached hydrogen (secondary N) is 2. The summed E-state index contributed by atoms with van der Waals surface area (Å²) < 4.78 is 13.7. The maximum atomic E-state index is 13.7. The van der Waals surface area contributed by atoms with Crippen molar-refractivity contribution in [3.63, 3.8) is 0 Å². The molecule has 1 aliphatic rings. The lowest BCUT2D eigenvalue weighted by atomic mass is 10.1. The van der Waals surface area contributed by atoms with E-state index in [0.717, 1.165) is 11.3 Å². The summed E-state index contributed by atoms with van der Waals surface area (Å²) in [7, 11) is 0. The van der Waals surface area contributed by atoms with Gasteiger partial charge in [-0.3, -0.25) is 0 Å². The molecule has 8 heteroatoms. The number of amides is 2. The third kappa shape index (κ3) is 4.50. The Bertz CT molecular complexity index is 892. The summed E-state index contributed by atoms with van der Waals surface area (Å²) in [5, 5.41) is 14.7. The molecule has 0 spiro atoms. The van der Waals surface area contributed by atoms with Crippen LogP contribution >= 0.6 is 0 Å². The Morgan fingerprint density at radius 1 is 1.44 bits per heavy atom. The van der Waals surface area contributed by atoms with E-state index in [-0.39, 0.29) is 24.2 Å². The summed E-state index contributed by atoms with van der Waals surface area (Å²) in [6.45, 7) is 5.18. The summed E-state index contributed by atoms with van der Waals surface area (Å²) in [5.41, 5.74) is 2.47. The molecular formula is C19H21FN6O. The maximum Gasteiger partial charge on any atom is 0.318 e. The lowest BCUT2D eigenvalue weighted by Crippen LogP contribution is -2.42. The zero-order valence-corrected chi connectivity index (χ0v) is 15.3. The molecule has 2 N–H and O–H groups in total. The van der Waals surface area contributed by atoms with Crippen LogP contribution in [0.3, 0.4) is 0 Å². The van der Waals surface area contributed by atoms with Gasteiger partial charge < -0.3 is 15.5 Å². The smallest absolute Gasteiger partial charge is 0.318 e. The molecule has 2 amide bonds. The second-order valence-corrected chi connectivity index (χ2v) is 6.72. The van der Waals surface area contributed by atoms with E-state index in [1.807, 2.05) is 20.0 Å². The number of hydrogen-bond acceptors (Lipinski definition) is 5. The highest BCUT2D eigenvalue weighted by Crippen LogP contribution is 2.18. The topological polar surface area (TPSA) is 93.9 Å². The van der Waals surface area contributed by atoms with Gasteiger partial charge in [-0.2, -0.15) is 5.26 Å². The zero-order chi connectivity index (χ0) is 19.4. The lowest BCUT2D eigenvalue weighted by molar-refractivity contribution is 0.191. The van der Waals surface area contributed by atoms with Gasteiger partial charge in [0.05, 0.1) is 17.8 Å². The number of fused-ring (bicyclic) bond motifs is 1. The Kier molecular flexibility index (Phi) is 5.50. The van der Waals surface area contributed by atoms with E-state index < -0.39 is 5.82 Å². The molecule has 0 fully saturated rings. The molecule has 0 radical (unpaired) electrons. The minimum Gasteiger partial charge on any atom is -0.352 e. The number of carbonyl (C=O) groups excluding carboxylic acids is 1. The Morgan fingerprint density at radius 2 is 2.26 bits per heavy atom. The van der Waals surface area contributed by atoms with Crippen molar-refractivity contribution in [3.05, 3.63) is 52.6 Å². The van der Waals surface area contributed by atoms with Gasteiger partial charge in [0.2, 0.25) is 5.95 Å². The van der Waals surface area contributed by atoms with Crippen molar-refractivity contribution in [3.8, 4) is 6.07 Å². The van der Waals surface area contributed by atoms with Crippen molar-refractivity contribution in [2.75, 3.05) is 11.9 Å². The highest BCUT2D eigenvalue weighted by atomic mass is 19.1. The van der Waals surface area contributed by atoms with Crippen molar-refractivity contribution in [2.45, 2.75) is 39.4 Å². The summed E-state index contributed by atoms with van der Waals surface area (Å²) in [5.74, 6) is -0.0305. The van der Waals surface area contributed by atoms with Crippen molar-refractivity contribution < 1.29 is 9.18 Å². The van der Waals surface area contributed by atoms with Crippen molar-refractivity contribution >= 4 is 12.0 Å². The predicted molar refractivity (Wildman–Crippen MR) is 98.3 cm³/mol. The molecule has 0 bridgehead atoms. The Morgan fingerprint density at radius 3 is 2.96 bits per heavy atom. The van der Waals surface area contributed by atoms with E-state index in [1.165, 1.54) is 12.1 Å². The molecule has 0 atom stereocenters. The summed E-state index contributed by atoms with van der Waals surface area (Å²) >= 11 is 0. The largest absolute Gasteiger partial charge is 0.352 e. The van der Waals surface area contributed by atoms with Crippen LogP contribution in [0.4, 0.5) is 15.1 Å². The van der Waals surface area contributed by atoms with Crippen LogP contribution in [0.2, 0.25) is 0 Å². The molecule has 7 nitrogen and oxygen atoms in total. The third-order valence-electron chi connectivity index (χ3n) is 4.25. The molecule has 3 rings (SSSR count). The van der Waals surface area contributed by atoms with Crippen LogP contribution in [0.15, 0.2) is 24.4 Å². The minimum absolute atomic E-state index is 0.0109. The first-order valence-corrected chi connectivity index (χ1v) is 8.79. The van der Waals surface area contributed by atoms with Crippen LogP contribution < -0.4 is 10.6 Å². The molecule has 1 aromatic heterocycles. The molecule has 2 heterocycles. The van der Waals surface area contributed by atoms with Crippen LogP contribution in [0.5, 0.6) is 0 Å². The molecule has 2 aromatic rings. The number of urea groups is 1. The van der Waals surface area contributed by atoms with Crippen molar-refractivity contribution in [2.24, 2.45) is 0 Å². The molecule has 0 saturated carbocycles. The second-order valence-electron chi connectivity index (χ2n) is 6.72. The number of anilines is 1. The standard InChI is InChI=1S/C19H21FN6O/c1-12(2)24-18-22-10-15-5-6-26(11-17(15)25-18)19(27)23-9-13-3-4-14(8-21)16(20)7-13/h3-4,7,10,12H,5-6,9,11H2,1-2H3,(H,23,27)(H,22,24,25). The number of nitrogens with zero attached hydrogens (tertiary/aromatic N) is 4. The fraction of sp³-hybridized carbons (Fsp3) is 0.368. The Labute approximate surface area is 157 Å². The van der Waals surface area contributed by atoms with Crippen LogP contribution in [-0.2, 0) is 19.5 Å². The second kappa shape index (κ2) is 7.99. The van der Waals surface area contributed by atoms with E-state index in [1.54, 1.807) is 17.0 Å². The highest BCUT2D eigenvalue weighted by Gasteiger charge is 2.22. The van der Waals surface area contributed by atoms with Gasteiger partial charge in [-0.15, -0.1) is 0 Å². The molecular weight excluding hydrogens is 347 g/mol. The van der Waals surface area contributed by atoms with E-state index in [0.29, 0.717) is 31.0 Å². The number of hydrogen-bond donors (Lipinski definition) is 2. The minimum atomic E-state index is -0.585. The van der Waals surface area contributed by atoms with Gasteiger partial charge in [-0.25, -0.2) is 19.2 Å². The van der Waals surface area contributed by atoms with E-state index in [2.05, 4.69) is 20.6 Å². The van der Waals surface area contributed by atoms with Crippen LogP contribution in [0.25, 0.3) is 0 Å². The highest BCUT2D eigenvalue weighted by molar-refractivity contribution is 5.74. The molecule has 1 aliphatic heterocycles. The van der Waals surface area contributed by atoms with Gasteiger partial charge in [0.1, 0.15) is 11.9 Å². The van der Waals surface area contributed by atoms with Crippen LogP contribution in [0, 0.1) is 17.1 Å². The van der Waals surface area contributed by atoms with Gasteiger partial charge in [0.25, 0.3) is 0 Å². The third-order valence-corrected chi connectivity index (χ3v) is 4.25. The number of nitriles is 1. The first kappa shape index (κ1) is 18.6. The number of rotatable bonds is 4. The van der Waals surface area contributed by atoms with Crippen molar-refractivity contribution in [1.29, 1.82) is 5.26 Å². The number of benzene rings is 1. The first-order valence-electron chi connectivity index (χ1n) is 8.79. The molecule has 1 aromatic carbocycles. The SMILES string of the molecule is CC(C)Nc1ncc2c(n1)CN(C(=O)NCc1ccc(C#N)c(F)c1)CC2. The van der Waals surface area contributed by atoms with E-state index >= 15 is 0 Å². The summed E-state index contributed by atoms with van der Waals surface area (Å²) in [6, 6.07) is 6.07. The molecule has 27 heavy (non-hydrogen) atoms. The van der Waals surface area contributed by atoms with Gasteiger partial charge >= 0.3 is 6.03 Å². The Balaban J connectivity index is 1.62. The molecule has 0 unspecified atom stereocenters. The average Bonchev–Trinajstić information content (AvgIpc) is 2.65. The Hall–Kier alpha value is -3.21. The van der Waals surface area contributed by atoms with Gasteiger partial charge in [-0.1, -0.05) is 6.07 Å². The normalized spacial score (nSPS) is 13.1. The van der Waals surface area contributed by atoms with E-state index in [4.69, 9.17) is 5.26 Å². The number of carbonyl (C=O) groups is 1.